The molecule has 0 aliphatic heterocycles. The Morgan fingerprint density at radius 2 is 0.600 bits per heavy atom. The SMILES string of the molecule is CCCCCCCCCCN(CCCCCCCCCC)CCCCCCCCCCCC(C)C. The van der Waals surface area contributed by atoms with Gasteiger partial charge in [-0.05, 0) is 44.8 Å². The van der Waals surface area contributed by atoms with Gasteiger partial charge in [0.15, 0.2) is 0 Å². The Balaban J connectivity index is 3.83. The normalized spacial score (nSPS) is 11.8. The Bertz CT molecular complexity index is 344. The van der Waals surface area contributed by atoms with Crippen LogP contribution in [0.4, 0.5) is 0 Å². The molecule has 0 saturated heterocycles. The highest BCUT2D eigenvalue weighted by Gasteiger charge is 2.05. The summed E-state index contributed by atoms with van der Waals surface area (Å²) in [6.07, 6.45) is 37.7. The van der Waals surface area contributed by atoms with Crippen LogP contribution in [0.5, 0.6) is 0 Å². The smallest absolute Gasteiger partial charge is 0.00187 e. The molecule has 0 aliphatic carbocycles. The molecule has 0 fully saturated rings. The maximum Gasteiger partial charge on any atom is -0.00187 e. The van der Waals surface area contributed by atoms with Crippen LogP contribution in [0, 0.1) is 5.92 Å². The van der Waals surface area contributed by atoms with Gasteiger partial charge in [0, 0.05) is 0 Å². The van der Waals surface area contributed by atoms with E-state index in [2.05, 4.69) is 32.6 Å². The summed E-state index contributed by atoms with van der Waals surface area (Å²) < 4.78 is 0. The van der Waals surface area contributed by atoms with Crippen molar-refractivity contribution in [1.82, 2.24) is 4.90 Å². The highest BCUT2D eigenvalue weighted by molar-refractivity contribution is 4.61. The fraction of sp³-hybridized carbons (Fsp3) is 1.00. The van der Waals surface area contributed by atoms with Gasteiger partial charge >= 0.3 is 0 Å². The minimum Gasteiger partial charge on any atom is -0.303 e. The molecule has 1 nitrogen and oxygen atoms in total. The average molecular weight is 494 g/mol. The van der Waals surface area contributed by atoms with Gasteiger partial charge < -0.3 is 4.90 Å². The van der Waals surface area contributed by atoms with Crippen LogP contribution in [0.15, 0.2) is 0 Å². The summed E-state index contributed by atoms with van der Waals surface area (Å²) >= 11 is 0. The second kappa shape index (κ2) is 30.2. The molecule has 0 rings (SSSR count). The van der Waals surface area contributed by atoms with Gasteiger partial charge in [-0.1, -0.05) is 175 Å². The van der Waals surface area contributed by atoms with E-state index in [1.54, 1.807) is 0 Å². The van der Waals surface area contributed by atoms with Crippen molar-refractivity contribution in [2.45, 2.75) is 195 Å². The van der Waals surface area contributed by atoms with Crippen molar-refractivity contribution in [3.05, 3.63) is 0 Å². The molecule has 0 aromatic heterocycles. The molecule has 0 bridgehead atoms. The minimum absolute atomic E-state index is 0.890. The first kappa shape index (κ1) is 35.0. The second-order valence-corrected chi connectivity index (χ2v) is 12.2. The molecule has 0 aliphatic rings. The van der Waals surface area contributed by atoms with E-state index in [4.69, 9.17) is 0 Å². The van der Waals surface area contributed by atoms with Gasteiger partial charge in [0.25, 0.3) is 0 Å². The van der Waals surface area contributed by atoms with Gasteiger partial charge in [-0.2, -0.15) is 0 Å². The topological polar surface area (TPSA) is 3.24 Å². The summed E-state index contributed by atoms with van der Waals surface area (Å²) in [5.41, 5.74) is 0. The Kier molecular flexibility index (Phi) is 30.2. The van der Waals surface area contributed by atoms with E-state index >= 15 is 0 Å². The molecule has 212 valence electrons. The van der Waals surface area contributed by atoms with Crippen molar-refractivity contribution >= 4 is 0 Å². The molecule has 1 heteroatoms. The Labute approximate surface area is 225 Å². The molecule has 0 radical (unpaired) electrons. The van der Waals surface area contributed by atoms with E-state index in [9.17, 15) is 0 Å². The molecule has 0 heterocycles. The standard InChI is InChI=1S/C34H71N/c1-5-7-9-11-13-19-23-27-31-35(32-28-24-20-14-12-10-8-6-2)33-29-25-21-17-15-16-18-22-26-30-34(3)4/h34H,5-33H2,1-4H3. The first-order chi connectivity index (χ1) is 17.2. The third kappa shape index (κ3) is 30.1. The second-order valence-electron chi connectivity index (χ2n) is 12.2. The highest BCUT2D eigenvalue weighted by Crippen LogP contribution is 2.15. The molecule has 0 unspecified atom stereocenters. The zero-order valence-corrected chi connectivity index (χ0v) is 25.5. The zero-order valence-electron chi connectivity index (χ0n) is 25.5. The van der Waals surface area contributed by atoms with Gasteiger partial charge in [0.2, 0.25) is 0 Å². The Morgan fingerprint density at radius 3 is 0.886 bits per heavy atom. The number of hydrogen-bond acceptors (Lipinski definition) is 1. The summed E-state index contributed by atoms with van der Waals surface area (Å²) in [7, 11) is 0. The molecular weight excluding hydrogens is 422 g/mol. The summed E-state index contributed by atoms with van der Waals surface area (Å²) in [6, 6.07) is 0. The predicted octanol–water partition coefficient (Wildman–Crippen LogP) is 12.1. The van der Waals surface area contributed by atoms with Crippen molar-refractivity contribution < 1.29 is 0 Å². The maximum atomic E-state index is 2.84. The van der Waals surface area contributed by atoms with Crippen molar-refractivity contribution in [2.75, 3.05) is 19.6 Å². The Morgan fingerprint density at radius 1 is 0.343 bits per heavy atom. The average Bonchev–Trinajstić information content (AvgIpc) is 2.85. The van der Waals surface area contributed by atoms with Gasteiger partial charge in [-0.3, -0.25) is 0 Å². The maximum absolute atomic E-state index is 2.84. The third-order valence-electron chi connectivity index (χ3n) is 7.91. The van der Waals surface area contributed by atoms with Gasteiger partial charge in [-0.15, -0.1) is 0 Å². The van der Waals surface area contributed by atoms with Crippen LogP contribution in [0.25, 0.3) is 0 Å². The van der Waals surface area contributed by atoms with Crippen LogP contribution in [-0.2, 0) is 0 Å². The van der Waals surface area contributed by atoms with Gasteiger partial charge in [-0.25, -0.2) is 0 Å². The lowest BCUT2D eigenvalue weighted by Crippen LogP contribution is -2.27. The van der Waals surface area contributed by atoms with Crippen molar-refractivity contribution in [1.29, 1.82) is 0 Å². The quantitative estimate of drug-likeness (QED) is 0.0899. The van der Waals surface area contributed by atoms with E-state index < -0.39 is 0 Å². The van der Waals surface area contributed by atoms with Crippen molar-refractivity contribution in [3.8, 4) is 0 Å². The zero-order chi connectivity index (χ0) is 25.7. The molecule has 0 aromatic carbocycles. The van der Waals surface area contributed by atoms with E-state index in [0.29, 0.717) is 0 Å². The lowest BCUT2D eigenvalue weighted by Gasteiger charge is -2.22. The van der Waals surface area contributed by atoms with E-state index in [1.165, 1.54) is 187 Å². The lowest BCUT2D eigenvalue weighted by molar-refractivity contribution is 0.254. The largest absolute Gasteiger partial charge is 0.303 e. The predicted molar refractivity (Wildman–Crippen MR) is 163 cm³/mol. The molecular formula is C34H71N. The molecule has 0 spiro atoms. The molecule has 35 heavy (non-hydrogen) atoms. The minimum atomic E-state index is 0.890. The number of unbranched alkanes of at least 4 members (excludes halogenated alkanes) is 22. The number of rotatable bonds is 30. The van der Waals surface area contributed by atoms with E-state index in [-0.39, 0.29) is 0 Å². The van der Waals surface area contributed by atoms with Gasteiger partial charge in [0.05, 0.1) is 0 Å². The summed E-state index contributed by atoms with van der Waals surface area (Å²) in [5.74, 6) is 0.890. The van der Waals surface area contributed by atoms with Crippen LogP contribution in [0.3, 0.4) is 0 Å². The van der Waals surface area contributed by atoms with Crippen LogP contribution in [-0.4, -0.2) is 24.5 Å². The molecule has 0 N–H and O–H groups in total. The van der Waals surface area contributed by atoms with Crippen LogP contribution in [0.1, 0.15) is 195 Å². The fourth-order valence-electron chi connectivity index (χ4n) is 5.40. The Hall–Kier alpha value is -0.0400. The van der Waals surface area contributed by atoms with Crippen molar-refractivity contribution in [3.63, 3.8) is 0 Å². The number of nitrogens with zero attached hydrogens (tertiary/aromatic N) is 1. The lowest BCUT2D eigenvalue weighted by atomic mass is 10.0. The van der Waals surface area contributed by atoms with Crippen LogP contribution >= 0.6 is 0 Å². The van der Waals surface area contributed by atoms with Crippen LogP contribution < -0.4 is 0 Å². The van der Waals surface area contributed by atoms with Crippen molar-refractivity contribution in [2.24, 2.45) is 5.92 Å². The molecule has 0 amide bonds. The fourth-order valence-corrected chi connectivity index (χ4v) is 5.40. The molecule has 0 saturated carbocycles. The van der Waals surface area contributed by atoms with E-state index in [0.717, 1.165) is 5.92 Å². The first-order valence-corrected chi connectivity index (χ1v) is 16.9. The molecule has 0 atom stereocenters. The highest BCUT2D eigenvalue weighted by atomic mass is 15.1. The third-order valence-corrected chi connectivity index (χ3v) is 7.91. The summed E-state index contributed by atoms with van der Waals surface area (Å²) in [6.45, 7) is 13.4. The van der Waals surface area contributed by atoms with Gasteiger partial charge in [0.1, 0.15) is 0 Å². The molecule has 0 aromatic rings. The summed E-state index contributed by atoms with van der Waals surface area (Å²) in [4.78, 5) is 2.84. The van der Waals surface area contributed by atoms with E-state index in [1.807, 2.05) is 0 Å². The number of hydrogen-bond donors (Lipinski definition) is 0. The summed E-state index contributed by atoms with van der Waals surface area (Å²) in [5, 5.41) is 0. The monoisotopic (exact) mass is 494 g/mol. The van der Waals surface area contributed by atoms with Crippen LogP contribution in [0.2, 0.25) is 0 Å². The first-order valence-electron chi connectivity index (χ1n) is 16.9.